The van der Waals surface area contributed by atoms with E-state index in [1.807, 2.05) is 24.3 Å². The lowest BCUT2D eigenvalue weighted by Crippen LogP contribution is -2.35. The summed E-state index contributed by atoms with van der Waals surface area (Å²) in [5, 5.41) is 2.71. The van der Waals surface area contributed by atoms with E-state index in [9.17, 15) is 22.8 Å². The predicted octanol–water partition coefficient (Wildman–Crippen LogP) is 2.62. The van der Waals surface area contributed by atoms with Crippen molar-refractivity contribution in [1.29, 1.82) is 0 Å². The van der Waals surface area contributed by atoms with E-state index < -0.39 is 29.8 Å². The standard InChI is InChI=1S/C19H19F3N2O3/c20-19(21,22)15-5-6-18(26)24(11-15)12-17(25)23-10-13-7-8-27-16-4-2-1-3-14(16)9-13/h1-6,11,13H,7-10,12H2,(H,23,25)/t13-/m1/s1. The van der Waals surface area contributed by atoms with Crippen LogP contribution in [0.15, 0.2) is 47.4 Å². The summed E-state index contributed by atoms with van der Waals surface area (Å²) in [4.78, 5) is 23.8. The van der Waals surface area contributed by atoms with Gasteiger partial charge in [-0.2, -0.15) is 13.2 Å². The molecule has 0 saturated heterocycles. The number of pyridine rings is 1. The number of carbonyl (C=O) groups is 1. The van der Waals surface area contributed by atoms with Crippen LogP contribution < -0.4 is 15.6 Å². The number of rotatable bonds is 4. The number of amides is 1. The van der Waals surface area contributed by atoms with Gasteiger partial charge in [0.1, 0.15) is 12.3 Å². The molecule has 27 heavy (non-hydrogen) atoms. The second kappa shape index (κ2) is 7.85. The first-order chi connectivity index (χ1) is 12.8. The summed E-state index contributed by atoms with van der Waals surface area (Å²) in [6.07, 6.45) is -2.42. The number of hydrogen-bond donors (Lipinski definition) is 1. The van der Waals surface area contributed by atoms with Gasteiger partial charge in [0.05, 0.1) is 12.2 Å². The highest BCUT2D eigenvalue weighted by Gasteiger charge is 2.31. The number of alkyl halides is 3. The van der Waals surface area contributed by atoms with Crippen LogP contribution in [-0.2, 0) is 23.9 Å². The number of halogens is 3. The van der Waals surface area contributed by atoms with Gasteiger partial charge >= 0.3 is 6.18 Å². The second-order valence-corrected chi connectivity index (χ2v) is 6.50. The first kappa shape index (κ1) is 19.0. The Morgan fingerprint density at radius 3 is 2.78 bits per heavy atom. The zero-order chi connectivity index (χ0) is 19.4. The molecule has 8 heteroatoms. The topological polar surface area (TPSA) is 60.3 Å². The molecule has 1 aliphatic rings. The first-order valence-corrected chi connectivity index (χ1v) is 8.58. The maximum absolute atomic E-state index is 12.8. The predicted molar refractivity (Wildman–Crippen MR) is 92.5 cm³/mol. The number of para-hydroxylation sites is 1. The molecule has 0 spiro atoms. The summed E-state index contributed by atoms with van der Waals surface area (Å²) in [5.74, 6) is 0.479. The van der Waals surface area contributed by atoms with E-state index in [2.05, 4.69) is 5.32 Å². The molecule has 1 aliphatic heterocycles. The Kier molecular flexibility index (Phi) is 5.53. The molecular weight excluding hydrogens is 361 g/mol. The van der Waals surface area contributed by atoms with Gasteiger partial charge in [-0.3, -0.25) is 9.59 Å². The molecule has 2 heterocycles. The third-order valence-electron chi connectivity index (χ3n) is 4.48. The highest BCUT2D eigenvalue weighted by atomic mass is 19.4. The molecule has 1 N–H and O–H groups in total. The van der Waals surface area contributed by atoms with E-state index in [4.69, 9.17) is 4.74 Å². The molecule has 1 atom stereocenters. The number of benzene rings is 1. The van der Waals surface area contributed by atoms with E-state index in [1.54, 1.807) is 0 Å². The molecular formula is C19H19F3N2O3. The van der Waals surface area contributed by atoms with Gasteiger partial charge in [-0.05, 0) is 36.5 Å². The quantitative estimate of drug-likeness (QED) is 0.887. The van der Waals surface area contributed by atoms with E-state index in [0.717, 1.165) is 34.8 Å². The smallest absolute Gasteiger partial charge is 0.417 e. The number of aromatic nitrogens is 1. The summed E-state index contributed by atoms with van der Waals surface area (Å²) < 4.78 is 44.7. The molecule has 1 aromatic heterocycles. The highest BCUT2D eigenvalue weighted by Crippen LogP contribution is 2.28. The zero-order valence-electron chi connectivity index (χ0n) is 14.5. The van der Waals surface area contributed by atoms with E-state index >= 15 is 0 Å². The maximum atomic E-state index is 12.8. The van der Waals surface area contributed by atoms with Crippen molar-refractivity contribution in [3.8, 4) is 5.75 Å². The Bertz CT molecular complexity index is 877. The Morgan fingerprint density at radius 1 is 1.22 bits per heavy atom. The van der Waals surface area contributed by atoms with Crippen molar-refractivity contribution >= 4 is 5.91 Å². The van der Waals surface area contributed by atoms with Crippen molar-refractivity contribution in [2.75, 3.05) is 13.2 Å². The Balaban J connectivity index is 1.60. The molecule has 2 aromatic rings. The Hall–Kier alpha value is -2.77. The van der Waals surface area contributed by atoms with Crippen LogP contribution in [-0.4, -0.2) is 23.6 Å². The van der Waals surface area contributed by atoms with Crippen LogP contribution in [0.4, 0.5) is 13.2 Å². The van der Waals surface area contributed by atoms with Crippen molar-refractivity contribution in [3.63, 3.8) is 0 Å². The molecule has 0 bridgehead atoms. The summed E-state index contributed by atoms with van der Waals surface area (Å²) >= 11 is 0. The van der Waals surface area contributed by atoms with E-state index in [1.165, 1.54) is 0 Å². The lowest BCUT2D eigenvalue weighted by molar-refractivity contribution is -0.138. The lowest BCUT2D eigenvalue weighted by Gasteiger charge is -2.15. The maximum Gasteiger partial charge on any atom is 0.417 e. The van der Waals surface area contributed by atoms with Gasteiger partial charge in [0.25, 0.3) is 5.56 Å². The monoisotopic (exact) mass is 380 g/mol. The van der Waals surface area contributed by atoms with Crippen LogP contribution in [0.3, 0.4) is 0 Å². The van der Waals surface area contributed by atoms with Crippen LogP contribution in [0.25, 0.3) is 0 Å². The van der Waals surface area contributed by atoms with Gasteiger partial charge in [-0.25, -0.2) is 0 Å². The summed E-state index contributed by atoms with van der Waals surface area (Å²) in [6.45, 7) is 0.442. The van der Waals surface area contributed by atoms with Crippen LogP contribution >= 0.6 is 0 Å². The molecule has 3 rings (SSSR count). The molecule has 0 saturated carbocycles. The minimum absolute atomic E-state index is 0.149. The fourth-order valence-electron chi connectivity index (χ4n) is 3.03. The SMILES string of the molecule is O=C(Cn1cc(C(F)(F)F)ccc1=O)NC[C@@H]1CCOc2ccccc2C1. The molecule has 1 aromatic carbocycles. The Morgan fingerprint density at radius 2 is 2.00 bits per heavy atom. The fraction of sp³-hybridized carbons (Fsp3) is 0.368. The van der Waals surface area contributed by atoms with Crippen molar-refractivity contribution in [1.82, 2.24) is 9.88 Å². The van der Waals surface area contributed by atoms with Crippen molar-refractivity contribution < 1.29 is 22.7 Å². The third kappa shape index (κ3) is 4.90. The Labute approximate surface area is 153 Å². The number of fused-ring (bicyclic) bond motifs is 1. The van der Waals surface area contributed by atoms with Gasteiger partial charge < -0.3 is 14.6 Å². The summed E-state index contributed by atoms with van der Waals surface area (Å²) in [6, 6.07) is 9.21. The van der Waals surface area contributed by atoms with Gasteiger partial charge in [0.15, 0.2) is 0 Å². The molecule has 0 fully saturated rings. The van der Waals surface area contributed by atoms with Crippen LogP contribution in [0.1, 0.15) is 17.5 Å². The van der Waals surface area contributed by atoms with E-state index in [-0.39, 0.29) is 5.92 Å². The minimum Gasteiger partial charge on any atom is -0.493 e. The summed E-state index contributed by atoms with van der Waals surface area (Å²) in [5.41, 5.74) is -0.564. The van der Waals surface area contributed by atoms with Crippen molar-refractivity contribution in [3.05, 3.63) is 64.1 Å². The van der Waals surface area contributed by atoms with E-state index in [0.29, 0.717) is 25.4 Å². The van der Waals surface area contributed by atoms with Gasteiger partial charge in [-0.15, -0.1) is 0 Å². The summed E-state index contributed by atoms with van der Waals surface area (Å²) in [7, 11) is 0. The van der Waals surface area contributed by atoms with Crippen LogP contribution in [0.2, 0.25) is 0 Å². The number of hydrogen-bond acceptors (Lipinski definition) is 3. The lowest BCUT2D eigenvalue weighted by atomic mass is 9.97. The molecule has 0 radical (unpaired) electrons. The number of ether oxygens (including phenoxy) is 1. The third-order valence-corrected chi connectivity index (χ3v) is 4.48. The number of carbonyl (C=O) groups excluding carboxylic acids is 1. The molecule has 1 amide bonds. The average Bonchev–Trinajstić information content (AvgIpc) is 2.82. The molecule has 0 aliphatic carbocycles. The molecule has 144 valence electrons. The minimum atomic E-state index is -4.57. The second-order valence-electron chi connectivity index (χ2n) is 6.50. The number of nitrogens with zero attached hydrogens (tertiary/aromatic N) is 1. The van der Waals surface area contributed by atoms with Gasteiger partial charge in [0.2, 0.25) is 5.91 Å². The van der Waals surface area contributed by atoms with Crippen LogP contribution in [0.5, 0.6) is 5.75 Å². The normalized spacial score (nSPS) is 16.8. The zero-order valence-corrected chi connectivity index (χ0v) is 14.5. The molecule has 0 unspecified atom stereocenters. The fourth-order valence-corrected chi connectivity index (χ4v) is 3.03. The van der Waals surface area contributed by atoms with Gasteiger partial charge in [0, 0.05) is 18.8 Å². The largest absolute Gasteiger partial charge is 0.493 e. The first-order valence-electron chi connectivity index (χ1n) is 8.58. The van der Waals surface area contributed by atoms with Crippen molar-refractivity contribution in [2.24, 2.45) is 5.92 Å². The number of nitrogens with one attached hydrogen (secondary N) is 1. The van der Waals surface area contributed by atoms with Crippen molar-refractivity contribution in [2.45, 2.75) is 25.6 Å². The highest BCUT2D eigenvalue weighted by molar-refractivity contribution is 5.75. The molecule has 5 nitrogen and oxygen atoms in total. The van der Waals surface area contributed by atoms with Gasteiger partial charge in [-0.1, -0.05) is 18.2 Å². The van der Waals surface area contributed by atoms with Crippen LogP contribution in [0, 0.1) is 5.92 Å². The average molecular weight is 380 g/mol.